The van der Waals surface area contributed by atoms with E-state index in [0.29, 0.717) is 11.5 Å². The number of phenols is 2. The number of phenolic OH excluding ortho intramolecular Hbond substituents is 2. The quantitative estimate of drug-likeness (QED) is 0.128. The predicted octanol–water partition coefficient (Wildman–Crippen LogP) is 15.5. The molecule has 2 heterocycles. The smallest absolute Gasteiger partial charge is 0.507 e. The van der Waals surface area contributed by atoms with E-state index in [-0.39, 0.29) is 44.8 Å². The maximum absolute atomic E-state index is 11.2. The van der Waals surface area contributed by atoms with Gasteiger partial charge in [-0.25, -0.2) is 0 Å². The molecule has 2 aliphatic heterocycles. The van der Waals surface area contributed by atoms with Crippen molar-refractivity contribution in [2.45, 2.75) is 41.5 Å². The van der Waals surface area contributed by atoms with E-state index in [4.69, 9.17) is 0 Å². The maximum Gasteiger partial charge on any atom is 1.00 e. The number of anilines is 4. The largest absolute Gasteiger partial charge is 1.00 e. The van der Waals surface area contributed by atoms with Gasteiger partial charge < -0.3 is 29.8 Å². The molecular formula is C64H58Ag2N4O2. The fraction of sp³-hybridized carbons (Fsp3) is 0.156. The molecule has 2 fully saturated rings. The molecule has 0 aromatic heterocycles. The molecule has 0 unspecified atom stereocenters. The zero-order valence-electron chi connectivity index (χ0n) is 41.4. The molecule has 0 radical (unpaired) electrons. The van der Waals surface area contributed by atoms with Gasteiger partial charge >= 0.3 is 44.8 Å². The van der Waals surface area contributed by atoms with Crippen LogP contribution in [0.15, 0.2) is 170 Å². The Bertz CT molecular complexity index is 3380. The number of fused-ring (bicyclic) bond motifs is 4. The Balaban J connectivity index is 0.000000173. The summed E-state index contributed by atoms with van der Waals surface area (Å²) in [5.41, 5.74) is 16.5. The number of aromatic hydroxyl groups is 2. The van der Waals surface area contributed by atoms with Crippen molar-refractivity contribution in [3.63, 3.8) is 0 Å². The monoisotopic (exact) mass is 1130 g/mol. The van der Waals surface area contributed by atoms with Gasteiger partial charge in [-0.15, -0.1) is 0 Å². The first-order valence-electron chi connectivity index (χ1n) is 24.4. The second-order valence-corrected chi connectivity index (χ2v) is 19.2. The van der Waals surface area contributed by atoms with E-state index in [2.05, 4.69) is 196 Å². The van der Waals surface area contributed by atoms with Crippen LogP contribution in [0.3, 0.4) is 0 Å². The Morgan fingerprint density at radius 2 is 0.611 bits per heavy atom. The Morgan fingerprint density at radius 3 is 0.944 bits per heavy atom. The van der Waals surface area contributed by atoms with Crippen LogP contribution in [0.4, 0.5) is 22.7 Å². The minimum absolute atomic E-state index is 0. The molecule has 368 valence electrons. The van der Waals surface area contributed by atoms with Gasteiger partial charge in [0.15, 0.2) is 0 Å². The fourth-order valence-electron chi connectivity index (χ4n) is 11.5. The van der Waals surface area contributed by atoms with E-state index >= 15 is 0 Å². The van der Waals surface area contributed by atoms with Crippen molar-refractivity contribution >= 4 is 65.8 Å². The first-order valence-corrected chi connectivity index (χ1v) is 24.4. The van der Waals surface area contributed by atoms with E-state index in [1.54, 1.807) is 0 Å². The summed E-state index contributed by atoms with van der Waals surface area (Å²) in [6, 6.07) is 59.0. The molecule has 10 aromatic rings. The molecule has 0 spiro atoms. The van der Waals surface area contributed by atoms with Gasteiger partial charge in [0, 0.05) is 71.2 Å². The van der Waals surface area contributed by atoms with E-state index in [1.165, 1.54) is 55.5 Å². The molecule has 6 nitrogen and oxygen atoms in total. The first kappa shape index (κ1) is 50.5. The zero-order chi connectivity index (χ0) is 48.2. The third kappa shape index (κ3) is 9.29. The van der Waals surface area contributed by atoms with Gasteiger partial charge in [-0.1, -0.05) is 157 Å². The summed E-state index contributed by atoms with van der Waals surface area (Å²) >= 11 is 0. The maximum atomic E-state index is 11.2. The van der Waals surface area contributed by atoms with Crippen molar-refractivity contribution in [1.29, 1.82) is 0 Å². The molecule has 2 saturated heterocycles. The van der Waals surface area contributed by atoms with Gasteiger partial charge in [0.1, 0.15) is 11.5 Å². The molecule has 2 N–H and O–H groups in total. The average molecular weight is 1130 g/mol. The second-order valence-electron chi connectivity index (χ2n) is 19.2. The Hall–Kier alpha value is -6.48. The summed E-state index contributed by atoms with van der Waals surface area (Å²) < 4.78 is 0. The molecule has 10 aromatic carbocycles. The van der Waals surface area contributed by atoms with Gasteiger partial charge in [0.2, 0.25) is 0 Å². The molecule has 0 saturated carbocycles. The molecule has 0 atom stereocenters. The molecule has 2 aliphatic rings. The molecule has 72 heavy (non-hydrogen) atoms. The normalized spacial score (nSPS) is 13.4. The van der Waals surface area contributed by atoms with Gasteiger partial charge in [-0.3, -0.25) is 0 Å². The number of hydrogen-bond acceptors (Lipinski definition) is 6. The number of nitrogens with zero attached hydrogens (tertiary/aromatic N) is 4. The van der Waals surface area contributed by atoms with Crippen molar-refractivity contribution in [3.05, 3.63) is 217 Å². The van der Waals surface area contributed by atoms with Gasteiger partial charge in [0.25, 0.3) is 0 Å². The summed E-state index contributed by atoms with van der Waals surface area (Å²) in [5, 5.41) is 31.3. The number of aryl methyl sites for hydroxylation is 6. The van der Waals surface area contributed by atoms with Crippen LogP contribution in [0.5, 0.6) is 11.5 Å². The first-order chi connectivity index (χ1) is 34.0. The molecule has 0 aliphatic carbocycles. The number of rotatable bonds is 6. The van der Waals surface area contributed by atoms with Crippen molar-refractivity contribution in [3.8, 4) is 33.8 Å². The minimum atomic E-state index is 0. The summed E-state index contributed by atoms with van der Waals surface area (Å²) in [4.78, 5) is 9.40. The van der Waals surface area contributed by atoms with Crippen LogP contribution in [-0.2, 0) is 44.8 Å². The summed E-state index contributed by atoms with van der Waals surface area (Å²) in [7, 11) is 0. The molecular weight excluding hydrogens is 1070 g/mol. The van der Waals surface area contributed by atoms with Gasteiger partial charge in [0.05, 0.1) is 0 Å². The van der Waals surface area contributed by atoms with E-state index in [9.17, 15) is 10.2 Å². The second kappa shape index (κ2) is 20.9. The van der Waals surface area contributed by atoms with Crippen LogP contribution in [0.1, 0.15) is 33.4 Å². The Kier molecular flexibility index (Phi) is 14.7. The van der Waals surface area contributed by atoms with Crippen molar-refractivity contribution in [1.82, 2.24) is 0 Å². The fourth-order valence-corrected chi connectivity index (χ4v) is 11.5. The molecule has 8 heteroatoms. The zero-order valence-corrected chi connectivity index (χ0v) is 44.4. The summed E-state index contributed by atoms with van der Waals surface area (Å²) in [5.74, 6) is 0.616. The summed E-state index contributed by atoms with van der Waals surface area (Å²) in [6.45, 7) is 21.2. The van der Waals surface area contributed by atoms with Crippen LogP contribution in [0.25, 0.3) is 65.3 Å². The minimum Gasteiger partial charge on any atom is -0.507 e. The Labute approximate surface area is 455 Å². The van der Waals surface area contributed by atoms with Gasteiger partial charge in [-0.05, 0) is 131 Å². The number of benzene rings is 10. The SMILES string of the molecule is Cc1cc(C)c(N2[CH-]N(c3ccc4ccccc4c3-c3c(O)ccc4ccccc34)CC2)c(C)c1.Cc1cc(C)c(N2[CH-]N(c3ccc4ccccc4c3-c3c(O)ccc4ccccc34)CC2)c(C)c1.[Ag+].[Ag+]. The number of hydrogen-bond donors (Lipinski definition) is 2. The third-order valence-electron chi connectivity index (χ3n) is 14.3. The van der Waals surface area contributed by atoms with E-state index in [0.717, 1.165) is 92.1 Å². The summed E-state index contributed by atoms with van der Waals surface area (Å²) in [6.07, 6.45) is 0. The van der Waals surface area contributed by atoms with Crippen molar-refractivity contribution in [2.24, 2.45) is 0 Å². The average Bonchev–Trinajstić information content (AvgIpc) is 4.04. The molecule has 0 amide bonds. The van der Waals surface area contributed by atoms with Crippen LogP contribution < -0.4 is 19.6 Å². The van der Waals surface area contributed by atoms with Crippen molar-refractivity contribution < 1.29 is 55.0 Å². The molecule has 0 bridgehead atoms. The van der Waals surface area contributed by atoms with Gasteiger partial charge in [-0.2, -0.15) is 13.3 Å². The predicted molar refractivity (Wildman–Crippen MR) is 296 cm³/mol. The topological polar surface area (TPSA) is 53.4 Å². The standard InChI is InChI=1S/2C32H29N2O.2Ag/c2*1-21-18-22(2)32(23(3)19-21)34-17-16-33(20-34)28-14-12-24-8-4-6-10-26(24)30(28)31-27-11-7-5-9-25(27)13-15-29(31)35;;/h2*4-15,18-20,35H,16-17H2,1-3H3;;/q2*-1;2*+1. The Morgan fingerprint density at radius 1 is 0.333 bits per heavy atom. The van der Waals surface area contributed by atoms with Crippen molar-refractivity contribution in [2.75, 3.05) is 45.8 Å². The van der Waals surface area contributed by atoms with Crippen LogP contribution in [-0.4, -0.2) is 36.4 Å². The van der Waals surface area contributed by atoms with E-state index < -0.39 is 0 Å². The van der Waals surface area contributed by atoms with Crippen LogP contribution >= 0.6 is 0 Å². The van der Waals surface area contributed by atoms with Crippen LogP contribution in [0, 0.1) is 54.9 Å². The molecule has 12 rings (SSSR count). The third-order valence-corrected chi connectivity index (χ3v) is 14.3. The van der Waals surface area contributed by atoms with E-state index in [1.807, 2.05) is 48.5 Å². The van der Waals surface area contributed by atoms with Crippen LogP contribution in [0.2, 0.25) is 0 Å².